The third-order valence-corrected chi connectivity index (χ3v) is 7.26. The summed E-state index contributed by atoms with van der Waals surface area (Å²) in [4.78, 5) is 30.7. The van der Waals surface area contributed by atoms with Gasteiger partial charge in [0.15, 0.2) is 5.78 Å². The van der Waals surface area contributed by atoms with Crippen LogP contribution in [0.3, 0.4) is 0 Å². The minimum absolute atomic E-state index is 0.124. The van der Waals surface area contributed by atoms with Gasteiger partial charge in [-0.1, -0.05) is 49.6 Å². The number of aliphatic imine (C=N–C) groups is 1. The van der Waals surface area contributed by atoms with E-state index in [2.05, 4.69) is 17.1 Å². The first kappa shape index (κ1) is 21.6. The van der Waals surface area contributed by atoms with Crippen LogP contribution in [0, 0.1) is 6.92 Å². The summed E-state index contributed by atoms with van der Waals surface area (Å²) < 4.78 is 3.26. The number of carbonyl (C=O) groups excluding carboxylic acids is 1. The van der Waals surface area contributed by atoms with Crippen LogP contribution in [0.25, 0.3) is 5.69 Å². The number of benzene rings is 2. The normalized spacial score (nSPS) is 22.5. The summed E-state index contributed by atoms with van der Waals surface area (Å²) in [5, 5.41) is 10.8. The van der Waals surface area contributed by atoms with E-state index in [1.165, 1.54) is 42.3 Å². The Hall–Kier alpha value is -3.25. The van der Waals surface area contributed by atoms with Gasteiger partial charge in [-0.25, -0.2) is 9.67 Å². The van der Waals surface area contributed by atoms with E-state index < -0.39 is 12.0 Å². The van der Waals surface area contributed by atoms with E-state index in [1.807, 2.05) is 42.5 Å². The van der Waals surface area contributed by atoms with Crippen molar-refractivity contribution in [3.63, 3.8) is 0 Å². The molecule has 170 valence electrons. The Labute approximate surface area is 193 Å². The fourth-order valence-electron chi connectivity index (χ4n) is 5.26. The van der Waals surface area contributed by atoms with Crippen LogP contribution in [0.1, 0.15) is 60.8 Å². The molecule has 0 spiro atoms. The number of aliphatic hydroxyl groups is 1. The number of aromatic nitrogens is 2. The third kappa shape index (κ3) is 3.68. The minimum atomic E-state index is -1.09. The van der Waals surface area contributed by atoms with Gasteiger partial charge in [-0.3, -0.25) is 14.3 Å². The van der Waals surface area contributed by atoms with Crippen molar-refractivity contribution < 1.29 is 9.90 Å². The Morgan fingerprint density at radius 3 is 2.24 bits per heavy atom. The van der Waals surface area contributed by atoms with Crippen molar-refractivity contribution in [2.75, 3.05) is 0 Å². The van der Waals surface area contributed by atoms with Gasteiger partial charge in [0.1, 0.15) is 11.8 Å². The maximum Gasteiger partial charge on any atom is 0.275 e. The summed E-state index contributed by atoms with van der Waals surface area (Å²) in [6.45, 7) is 1.80. The zero-order chi connectivity index (χ0) is 23.1. The van der Waals surface area contributed by atoms with Crippen LogP contribution in [-0.4, -0.2) is 32.1 Å². The van der Waals surface area contributed by atoms with Crippen molar-refractivity contribution in [3.8, 4) is 5.69 Å². The van der Waals surface area contributed by atoms with Gasteiger partial charge in [0.05, 0.1) is 22.9 Å². The van der Waals surface area contributed by atoms with Crippen LogP contribution >= 0.6 is 0 Å². The van der Waals surface area contributed by atoms with Gasteiger partial charge in [0.2, 0.25) is 0 Å². The molecule has 33 heavy (non-hydrogen) atoms. The van der Waals surface area contributed by atoms with Crippen molar-refractivity contribution >= 4 is 17.2 Å². The molecule has 0 bridgehead atoms. The predicted molar refractivity (Wildman–Crippen MR) is 129 cm³/mol. The first-order valence-corrected chi connectivity index (χ1v) is 11.7. The number of carbonyl (C=O) groups is 1. The lowest BCUT2D eigenvalue weighted by atomic mass is 9.73. The van der Waals surface area contributed by atoms with Crippen LogP contribution < -0.4 is 5.56 Å². The first-order valence-electron chi connectivity index (χ1n) is 11.7. The zero-order valence-corrected chi connectivity index (χ0v) is 19.1. The van der Waals surface area contributed by atoms with Gasteiger partial charge in [-0.05, 0) is 55.5 Å². The molecule has 2 aromatic carbocycles. The highest BCUT2D eigenvalue weighted by molar-refractivity contribution is 6.51. The second-order valence-electron chi connectivity index (χ2n) is 9.19. The summed E-state index contributed by atoms with van der Waals surface area (Å²) in [6.07, 6.45) is 5.24. The topological polar surface area (TPSA) is 76.6 Å². The molecule has 3 aromatic rings. The molecule has 1 heterocycles. The predicted octanol–water partition coefficient (Wildman–Crippen LogP) is 4.33. The van der Waals surface area contributed by atoms with E-state index in [-0.39, 0.29) is 17.1 Å². The monoisotopic (exact) mass is 443 g/mol. The van der Waals surface area contributed by atoms with Gasteiger partial charge in [0.25, 0.3) is 5.56 Å². The highest BCUT2D eigenvalue weighted by Gasteiger charge is 2.49. The van der Waals surface area contributed by atoms with Gasteiger partial charge in [-0.15, -0.1) is 0 Å². The Bertz CT molecular complexity index is 1260. The van der Waals surface area contributed by atoms with Crippen LogP contribution in [0.2, 0.25) is 0 Å². The molecule has 6 nitrogen and oxygen atoms in total. The second kappa shape index (κ2) is 8.60. The molecule has 0 amide bonds. The van der Waals surface area contributed by atoms with Crippen molar-refractivity contribution in [3.05, 3.63) is 81.8 Å². The Morgan fingerprint density at radius 1 is 0.939 bits per heavy atom. The molecule has 5 rings (SSSR count). The van der Waals surface area contributed by atoms with E-state index in [1.54, 1.807) is 18.7 Å². The average Bonchev–Trinajstić information content (AvgIpc) is 3.07. The fraction of sp³-hybridized carbons (Fsp3) is 0.370. The van der Waals surface area contributed by atoms with E-state index >= 15 is 0 Å². The maximum absolute atomic E-state index is 13.2. The highest BCUT2D eigenvalue weighted by atomic mass is 16.3. The molecular formula is C27H29N3O3. The van der Waals surface area contributed by atoms with E-state index in [9.17, 15) is 14.7 Å². The van der Waals surface area contributed by atoms with Gasteiger partial charge >= 0.3 is 0 Å². The van der Waals surface area contributed by atoms with Crippen LogP contribution in [0.15, 0.2) is 64.4 Å². The van der Waals surface area contributed by atoms with E-state index in [0.717, 1.165) is 0 Å². The van der Waals surface area contributed by atoms with Crippen LogP contribution in [0.4, 0.5) is 5.69 Å². The quantitative estimate of drug-likeness (QED) is 0.652. The SMILES string of the molecule is Cc1c(C2C(=O)C(=Nc3ccc(C4CCCCC4)cc3)C2O)c(=O)n(-c2ccccc2)n1C. The van der Waals surface area contributed by atoms with Crippen molar-refractivity contribution in [2.45, 2.75) is 57.0 Å². The molecule has 2 atom stereocenters. The zero-order valence-electron chi connectivity index (χ0n) is 19.1. The fourth-order valence-corrected chi connectivity index (χ4v) is 5.26. The summed E-state index contributed by atoms with van der Waals surface area (Å²) in [7, 11) is 1.78. The molecule has 2 aliphatic carbocycles. The van der Waals surface area contributed by atoms with Crippen LogP contribution in [-0.2, 0) is 11.8 Å². The lowest BCUT2D eigenvalue weighted by molar-refractivity contribution is -0.120. The number of Topliss-reactive ketones (excluding diaryl/α,β-unsaturated/α-hetero) is 1. The molecule has 1 aromatic heterocycles. The number of para-hydroxylation sites is 1. The van der Waals surface area contributed by atoms with Crippen LogP contribution in [0.5, 0.6) is 0 Å². The summed E-state index contributed by atoms with van der Waals surface area (Å²) in [5.74, 6) is -0.563. The number of nitrogens with zero attached hydrogens (tertiary/aromatic N) is 3. The number of aliphatic hydroxyl groups excluding tert-OH is 1. The highest BCUT2D eigenvalue weighted by Crippen LogP contribution is 2.36. The maximum atomic E-state index is 13.2. The van der Waals surface area contributed by atoms with E-state index in [4.69, 9.17) is 0 Å². The molecule has 2 fully saturated rings. The number of hydrogen-bond acceptors (Lipinski definition) is 4. The van der Waals surface area contributed by atoms with Gasteiger partial charge in [-0.2, -0.15) is 0 Å². The smallest absolute Gasteiger partial charge is 0.275 e. The second-order valence-corrected chi connectivity index (χ2v) is 9.19. The van der Waals surface area contributed by atoms with Crippen molar-refractivity contribution in [1.29, 1.82) is 0 Å². The lowest BCUT2D eigenvalue weighted by Gasteiger charge is -2.32. The van der Waals surface area contributed by atoms with Gasteiger partial charge < -0.3 is 5.11 Å². The molecule has 0 saturated heterocycles. The molecule has 0 aliphatic heterocycles. The largest absolute Gasteiger partial charge is 0.386 e. The summed E-state index contributed by atoms with van der Waals surface area (Å²) in [5.41, 5.74) is 3.53. The van der Waals surface area contributed by atoms with Gasteiger partial charge in [0, 0.05) is 12.7 Å². The Kier molecular flexibility index (Phi) is 5.62. The average molecular weight is 444 g/mol. The number of hydrogen-bond donors (Lipinski definition) is 1. The number of ketones is 1. The summed E-state index contributed by atoms with van der Waals surface area (Å²) >= 11 is 0. The molecule has 2 saturated carbocycles. The summed E-state index contributed by atoms with van der Waals surface area (Å²) in [6, 6.07) is 17.3. The van der Waals surface area contributed by atoms with Crippen molar-refractivity contribution in [2.24, 2.45) is 12.0 Å². The molecule has 6 heteroatoms. The molecule has 1 N–H and O–H groups in total. The molecule has 2 aliphatic rings. The minimum Gasteiger partial charge on any atom is -0.386 e. The van der Waals surface area contributed by atoms with E-state index in [0.29, 0.717) is 28.6 Å². The van der Waals surface area contributed by atoms with Crippen molar-refractivity contribution in [1.82, 2.24) is 9.36 Å². The Morgan fingerprint density at radius 2 is 1.61 bits per heavy atom. The first-order chi connectivity index (χ1) is 16.0. The number of rotatable bonds is 4. The molecule has 2 unspecified atom stereocenters. The molecule has 0 radical (unpaired) electrons. The lowest BCUT2D eigenvalue weighted by Crippen LogP contribution is -2.52. The molecular weight excluding hydrogens is 414 g/mol. The third-order valence-electron chi connectivity index (χ3n) is 7.26. The Balaban J connectivity index is 1.40. The standard InChI is InChI=1S/C27H29N3O3/c1-17-22(27(33)30(29(17)2)21-11-7-4-8-12-21)23-25(31)24(26(23)32)28-20-15-13-19(14-16-20)18-9-5-3-6-10-18/h4,7-8,11-16,18,23,25,31H,3,5-6,9-10H2,1-2H3.